The van der Waals surface area contributed by atoms with Gasteiger partial charge in [0.05, 0.1) is 6.10 Å². The Morgan fingerprint density at radius 3 is 2.87 bits per heavy atom. The fourth-order valence-electron chi connectivity index (χ4n) is 1.13. The Hall–Kier alpha value is -1.62. The molecule has 0 fully saturated rings. The molecule has 82 valence electrons. The van der Waals surface area contributed by atoms with E-state index in [4.69, 9.17) is 10.5 Å². The summed E-state index contributed by atoms with van der Waals surface area (Å²) < 4.78 is 17.9. The van der Waals surface area contributed by atoms with Crippen LogP contribution in [0.5, 0.6) is 5.75 Å². The molecule has 4 nitrogen and oxygen atoms in total. The maximum Gasteiger partial charge on any atom is 0.255 e. The van der Waals surface area contributed by atoms with Gasteiger partial charge in [-0.2, -0.15) is 0 Å². The van der Waals surface area contributed by atoms with Gasteiger partial charge in [0.2, 0.25) is 0 Å². The van der Waals surface area contributed by atoms with E-state index in [0.29, 0.717) is 0 Å². The van der Waals surface area contributed by atoms with E-state index in [1.807, 2.05) is 0 Å². The maximum atomic E-state index is 12.8. The average Bonchev–Trinajstić information content (AvgIpc) is 2.15. The monoisotopic (exact) mass is 213 g/mol. The Morgan fingerprint density at radius 2 is 2.33 bits per heavy atom. The molecule has 0 saturated heterocycles. The quantitative estimate of drug-likeness (QED) is 0.774. The van der Waals surface area contributed by atoms with Crippen LogP contribution in [0.4, 0.5) is 4.39 Å². The van der Waals surface area contributed by atoms with Crippen LogP contribution in [-0.4, -0.2) is 17.6 Å². The molecule has 3 N–H and O–H groups in total. The number of nitrogens with two attached hydrogens (primary N) is 1. The Labute approximate surface area is 86.5 Å². The van der Waals surface area contributed by atoms with E-state index >= 15 is 0 Å². The van der Waals surface area contributed by atoms with Crippen LogP contribution in [0.3, 0.4) is 0 Å². The summed E-state index contributed by atoms with van der Waals surface area (Å²) in [5.41, 5.74) is 5.18. The average molecular weight is 213 g/mol. The van der Waals surface area contributed by atoms with Gasteiger partial charge in [0.15, 0.2) is 6.61 Å². The molecular weight excluding hydrogens is 201 g/mol. The van der Waals surface area contributed by atoms with Crippen molar-refractivity contribution in [1.82, 2.24) is 0 Å². The molecule has 0 aliphatic rings. The van der Waals surface area contributed by atoms with E-state index in [1.165, 1.54) is 19.1 Å². The Kier molecular flexibility index (Phi) is 3.62. The lowest BCUT2D eigenvalue weighted by Gasteiger charge is -2.12. The molecule has 0 saturated carbocycles. The first-order valence-corrected chi connectivity index (χ1v) is 4.39. The predicted octanol–water partition coefficient (Wildman–Crippen LogP) is 0.743. The highest BCUT2D eigenvalue weighted by Gasteiger charge is 2.11. The van der Waals surface area contributed by atoms with Crippen molar-refractivity contribution in [3.05, 3.63) is 29.6 Å². The molecular formula is C10H12FNO3. The van der Waals surface area contributed by atoms with Crippen LogP contribution in [-0.2, 0) is 4.79 Å². The van der Waals surface area contributed by atoms with Crippen molar-refractivity contribution in [1.29, 1.82) is 0 Å². The van der Waals surface area contributed by atoms with Crippen molar-refractivity contribution in [3.63, 3.8) is 0 Å². The molecule has 0 aromatic heterocycles. The Bertz CT molecular complexity index is 366. The lowest BCUT2D eigenvalue weighted by atomic mass is 10.1. The number of ether oxygens (including phenoxy) is 1. The summed E-state index contributed by atoms with van der Waals surface area (Å²) in [4.78, 5) is 10.5. The number of benzene rings is 1. The van der Waals surface area contributed by atoms with Gasteiger partial charge in [0.25, 0.3) is 5.91 Å². The summed E-state index contributed by atoms with van der Waals surface area (Å²) >= 11 is 0. The van der Waals surface area contributed by atoms with E-state index < -0.39 is 17.8 Å². The molecule has 1 amide bonds. The molecule has 1 aromatic rings. The number of carbonyl (C=O) groups excluding carboxylic acids is 1. The molecule has 0 heterocycles. The van der Waals surface area contributed by atoms with Crippen LogP contribution in [0, 0.1) is 5.82 Å². The van der Waals surface area contributed by atoms with Gasteiger partial charge >= 0.3 is 0 Å². The van der Waals surface area contributed by atoms with Crippen LogP contribution in [0.2, 0.25) is 0 Å². The van der Waals surface area contributed by atoms with Gasteiger partial charge in [-0.3, -0.25) is 4.79 Å². The Balaban J connectivity index is 2.90. The van der Waals surface area contributed by atoms with Crippen molar-refractivity contribution in [2.45, 2.75) is 13.0 Å². The number of aliphatic hydroxyl groups excluding tert-OH is 1. The first-order chi connectivity index (χ1) is 7.00. The number of hydrogen-bond acceptors (Lipinski definition) is 3. The third-order valence-corrected chi connectivity index (χ3v) is 1.79. The van der Waals surface area contributed by atoms with Gasteiger partial charge in [-0.15, -0.1) is 0 Å². The van der Waals surface area contributed by atoms with E-state index in [-0.39, 0.29) is 17.9 Å². The maximum absolute atomic E-state index is 12.8. The minimum atomic E-state index is -0.872. The molecule has 0 bridgehead atoms. The van der Waals surface area contributed by atoms with Gasteiger partial charge in [-0.25, -0.2) is 4.39 Å². The van der Waals surface area contributed by atoms with Crippen molar-refractivity contribution in [2.24, 2.45) is 5.73 Å². The molecule has 0 unspecified atom stereocenters. The number of halogens is 1. The second-order valence-corrected chi connectivity index (χ2v) is 3.11. The number of carbonyl (C=O) groups is 1. The van der Waals surface area contributed by atoms with Crippen molar-refractivity contribution in [2.75, 3.05) is 6.61 Å². The lowest BCUT2D eigenvalue weighted by Crippen LogP contribution is -2.20. The van der Waals surface area contributed by atoms with Gasteiger partial charge in [-0.1, -0.05) is 0 Å². The number of hydrogen-bond donors (Lipinski definition) is 2. The van der Waals surface area contributed by atoms with E-state index in [2.05, 4.69) is 0 Å². The first kappa shape index (κ1) is 11.5. The molecule has 0 aliphatic carbocycles. The zero-order chi connectivity index (χ0) is 11.4. The van der Waals surface area contributed by atoms with E-state index in [1.54, 1.807) is 0 Å². The number of primary amides is 1. The van der Waals surface area contributed by atoms with Gasteiger partial charge in [0, 0.05) is 5.56 Å². The largest absolute Gasteiger partial charge is 0.483 e. The summed E-state index contributed by atoms with van der Waals surface area (Å²) in [5.74, 6) is -0.849. The summed E-state index contributed by atoms with van der Waals surface area (Å²) in [6, 6.07) is 3.68. The normalized spacial score (nSPS) is 12.2. The summed E-state index contributed by atoms with van der Waals surface area (Å²) in [6.07, 6.45) is -0.872. The molecule has 0 aliphatic heterocycles. The molecule has 5 heteroatoms. The van der Waals surface area contributed by atoms with Crippen molar-refractivity contribution >= 4 is 5.91 Å². The van der Waals surface area contributed by atoms with E-state index in [9.17, 15) is 14.3 Å². The van der Waals surface area contributed by atoms with Gasteiger partial charge < -0.3 is 15.6 Å². The standard InChI is InChI=1S/C10H12FNO3/c1-6(13)8-4-7(11)2-3-9(8)15-5-10(12)14/h2-4,6,13H,5H2,1H3,(H2,12,14)/t6-/m0/s1. The summed E-state index contributed by atoms with van der Waals surface area (Å²) in [6.45, 7) is 1.18. The molecule has 0 spiro atoms. The van der Waals surface area contributed by atoms with Gasteiger partial charge in [0.1, 0.15) is 11.6 Å². The van der Waals surface area contributed by atoms with E-state index in [0.717, 1.165) is 6.07 Å². The second-order valence-electron chi connectivity index (χ2n) is 3.11. The Morgan fingerprint density at radius 1 is 1.67 bits per heavy atom. The topological polar surface area (TPSA) is 72.6 Å². The predicted molar refractivity (Wildman–Crippen MR) is 51.7 cm³/mol. The van der Waals surface area contributed by atoms with Crippen LogP contribution < -0.4 is 10.5 Å². The molecule has 15 heavy (non-hydrogen) atoms. The highest BCUT2D eigenvalue weighted by molar-refractivity contribution is 5.75. The zero-order valence-corrected chi connectivity index (χ0v) is 8.24. The summed E-state index contributed by atoms with van der Waals surface area (Å²) in [7, 11) is 0. The van der Waals surface area contributed by atoms with Crippen molar-refractivity contribution < 1.29 is 19.0 Å². The minimum absolute atomic E-state index is 0.255. The smallest absolute Gasteiger partial charge is 0.255 e. The first-order valence-electron chi connectivity index (χ1n) is 4.39. The number of aliphatic hydroxyl groups is 1. The van der Waals surface area contributed by atoms with Crippen LogP contribution in [0.1, 0.15) is 18.6 Å². The number of rotatable bonds is 4. The van der Waals surface area contributed by atoms with Crippen LogP contribution >= 0.6 is 0 Å². The third kappa shape index (κ3) is 3.21. The minimum Gasteiger partial charge on any atom is -0.483 e. The molecule has 0 radical (unpaired) electrons. The lowest BCUT2D eigenvalue weighted by molar-refractivity contribution is -0.120. The summed E-state index contributed by atoms with van der Waals surface area (Å²) in [5, 5.41) is 9.33. The van der Waals surface area contributed by atoms with Crippen LogP contribution in [0.15, 0.2) is 18.2 Å². The highest BCUT2D eigenvalue weighted by atomic mass is 19.1. The van der Waals surface area contributed by atoms with Crippen LogP contribution in [0.25, 0.3) is 0 Å². The van der Waals surface area contributed by atoms with Gasteiger partial charge in [-0.05, 0) is 25.1 Å². The van der Waals surface area contributed by atoms with Crippen molar-refractivity contribution in [3.8, 4) is 5.75 Å². The fraction of sp³-hybridized carbons (Fsp3) is 0.300. The third-order valence-electron chi connectivity index (χ3n) is 1.79. The second kappa shape index (κ2) is 4.75. The molecule has 1 rings (SSSR count). The fourth-order valence-corrected chi connectivity index (χ4v) is 1.13. The zero-order valence-electron chi connectivity index (χ0n) is 8.24. The number of amides is 1. The molecule has 1 atom stereocenters. The highest BCUT2D eigenvalue weighted by Crippen LogP contribution is 2.25. The molecule has 1 aromatic carbocycles. The SMILES string of the molecule is C[C@H](O)c1cc(F)ccc1OCC(N)=O.